The van der Waals surface area contributed by atoms with Crippen LogP contribution in [0.25, 0.3) is 0 Å². The van der Waals surface area contributed by atoms with Crippen LogP contribution in [0.2, 0.25) is 0 Å². The Balaban J connectivity index is 1.70. The van der Waals surface area contributed by atoms with Gasteiger partial charge in [-0.2, -0.15) is 0 Å². The van der Waals surface area contributed by atoms with E-state index in [2.05, 4.69) is 5.32 Å². The molecular weight excluding hydrogens is 327 g/mol. The molecule has 0 radical (unpaired) electrons. The average molecular weight is 346 g/mol. The lowest BCUT2D eigenvalue weighted by molar-refractivity contribution is 0.171. The fraction of sp³-hybridized carbons (Fsp3) is 0.278. The van der Waals surface area contributed by atoms with Crippen molar-refractivity contribution in [3.8, 4) is 11.5 Å². The SMILES string of the molecule is CCN(Cc1ccc2c(c1)OCCO2)C(=S)Nc1ccccc1F. The summed E-state index contributed by atoms with van der Waals surface area (Å²) in [5.74, 6) is 1.19. The first-order chi connectivity index (χ1) is 11.7. The second-order valence-corrected chi connectivity index (χ2v) is 5.79. The van der Waals surface area contributed by atoms with Gasteiger partial charge in [-0.25, -0.2) is 4.39 Å². The number of nitrogens with zero attached hydrogens (tertiary/aromatic N) is 1. The van der Waals surface area contributed by atoms with Crippen molar-refractivity contribution in [3.05, 3.63) is 53.8 Å². The molecule has 6 heteroatoms. The second kappa shape index (κ2) is 7.49. The number of nitrogens with one attached hydrogen (secondary N) is 1. The van der Waals surface area contributed by atoms with Crippen LogP contribution in [0.5, 0.6) is 11.5 Å². The van der Waals surface area contributed by atoms with Gasteiger partial charge in [0, 0.05) is 13.1 Å². The highest BCUT2D eigenvalue weighted by Crippen LogP contribution is 2.31. The van der Waals surface area contributed by atoms with E-state index in [4.69, 9.17) is 21.7 Å². The van der Waals surface area contributed by atoms with Gasteiger partial charge in [-0.1, -0.05) is 18.2 Å². The molecule has 0 atom stereocenters. The number of rotatable bonds is 4. The summed E-state index contributed by atoms with van der Waals surface area (Å²) in [5.41, 5.74) is 1.43. The van der Waals surface area contributed by atoms with E-state index in [0.717, 1.165) is 17.1 Å². The molecule has 0 unspecified atom stereocenters. The standard InChI is InChI=1S/C18H19FN2O2S/c1-2-21(18(24)20-15-6-4-3-5-14(15)19)12-13-7-8-16-17(11-13)23-10-9-22-16/h3-8,11H,2,9-10,12H2,1H3,(H,20,24). The summed E-state index contributed by atoms with van der Waals surface area (Å²) in [7, 11) is 0. The van der Waals surface area contributed by atoms with Gasteiger partial charge >= 0.3 is 0 Å². The van der Waals surface area contributed by atoms with E-state index >= 15 is 0 Å². The Kier molecular flexibility index (Phi) is 5.15. The zero-order valence-electron chi connectivity index (χ0n) is 13.4. The summed E-state index contributed by atoms with van der Waals surface area (Å²) in [6.45, 7) is 4.45. The van der Waals surface area contributed by atoms with Gasteiger partial charge in [-0.15, -0.1) is 0 Å². The van der Waals surface area contributed by atoms with Gasteiger partial charge in [0.15, 0.2) is 16.6 Å². The van der Waals surface area contributed by atoms with Gasteiger partial charge in [0.1, 0.15) is 19.0 Å². The molecule has 4 nitrogen and oxygen atoms in total. The molecule has 2 aromatic carbocycles. The maximum Gasteiger partial charge on any atom is 0.173 e. The molecule has 2 aromatic rings. The Hall–Kier alpha value is -2.34. The number of hydrogen-bond acceptors (Lipinski definition) is 3. The lowest BCUT2D eigenvalue weighted by Gasteiger charge is -2.25. The summed E-state index contributed by atoms with van der Waals surface area (Å²) in [6.07, 6.45) is 0. The van der Waals surface area contributed by atoms with Crippen molar-refractivity contribution in [1.82, 2.24) is 4.90 Å². The number of fused-ring (bicyclic) bond motifs is 1. The molecule has 1 aliphatic rings. The van der Waals surface area contributed by atoms with E-state index in [9.17, 15) is 4.39 Å². The molecule has 1 heterocycles. The summed E-state index contributed by atoms with van der Waals surface area (Å²) in [5, 5.41) is 3.45. The van der Waals surface area contributed by atoms with E-state index < -0.39 is 0 Å². The Morgan fingerprint density at radius 1 is 1.17 bits per heavy atom. The van der Waals surface area contributed by atoms with Crippen LogP contribution in [0.1, 0.15) is 12.5 Å². The molecule has 24 heavy (non-hydrogen) atoms. The molecule has 0 spiro atoms. The fourth-order valence-electron chi connectivity index (χ4n) is 2.49. The first-order valence-electron chi connectivity index (χ1n) is 7.86. The topological polar surface area (TPSA) is 33.7 Å². The fourth-order valence-corrected chi connectivity index (χ4v) is 2.79. The van der Waals surface area contributed by atoms with Crippen LogP contribution < -0.4 is 14.8 Å². The van der Waals surface area contributed by atoms with Crippen molar-refractivity contribution < 1.29 is 13.9 Å². The molecule has 126 valence electrons. The van der Waals surface area contributed by atoms with Crippen molar-refractivity contribution in [2.24, 2.45) is 0 Å². The summed E-state index contributed by atoms with van der Waals surface area (Å²) >= 11 is 5.43. The van der Waals surface area contributed by atoms with Crippen molar-refractivity contribution in [2.75, 3.05) is 25.1 Å². The van der Waals surface area contributed by atoms with Gasteiger partial charge in [-0.3, -0.25) is 0 Å². The number of halogens is 1. The summed E-state index contributed by atoms with van der Waals surface area (Å²) in [4.78, 5) is 1.97. The lowest BCUT2D eigenvalue weighted by Crippen LogP contribution is -2.34. The van der Waals surface area contributed by atoms with Crippen LogP contribution in [-0.4, -0.2) is 29.8 Å². The number of benzene rings is 2. The first kappa shape index (κ1) is 16.5. The van der Waals surface area contributed by atoms with Crippen LogP contribution in [0.3, 0.4) is 0 Å². The Bertz CT molecular complexity index is 739. The monoisotopic (exact) mass is 346 g/mol. The quantitative estimate of drug-likeness (QED) is 0.852. The highest BCUT2D eigenvalue weighted by atomic mass is 32.1. The maximum absolute atomic E-state index is 13.8. The smallest absolute Gasteiger partial charge is 0.173 e. The third kappa shape index (κ3) is 3.76. The molecule has 0 saturated carbocycles. The van der Waals surface area contributed by atoms with Gasteiger partial charge in [0.2, 0.25) is 0 Å². The van der Waals surface area contributed by atoms with Crippen molar-refractivity contribution in [1.29, 1.82) is 0 Å². The van der Waals surface area contributed by atoms with Crippen molar-refractivity contribution in [3.63, 3.8) is 0 Å². The molecule has 0 saturated heterocycles. The van der Waals surface area contributed by atoms with Crippen LogP contribution >= 0.6 is 12.2 Å². The van der Waals surface area contributed by atoms with Crippen LogP contribution in [0, 0.1) is 5.82 Å². The zero-order chi connectivity index (χ0) is 16.9. The van der Waals surface area contributed by atoms with E-state index in [1.165, 1.54) is 6.07 Å². The zero-order valence-corrected chi connectivity index (χ0v) is 14.2. The predicted octanol–water partition coefficient (Wildman–Crippen LogP) is 3.82. The minimum Gasteiger partial charge on any atom is -0.486 e. The average Bonchev–Trinajstić information content (AvgIpc) is 2.61. The van der Waals surface area contributed by atoms with E-state index in [-0.39, 0.29) is 5.82 Å². The van der Waals surface area contributed by atoms with Crippen LogP contribution in [0.4, 0.5) is 10.1 Å². The van der Waals surface area contributed by atoms with Crippen molar-refractivity contribution in [2.45, 2.75) is 13.5 Å². The molecule has 3 rings (SSSR count). The molecule has 0 amide bonds. The third-order valence-electron chi connectivity index (χ3n) is 3.76. The highest BCUT2D eigenvalue weighted by molar-refractivity contribution is 7.80. The minimum absolute atomic E-state index is 0.324. The van der Waals surface area contributed by atoms with Gasteiger partial charge < -0.3 is 19.7 Å². The molecule has 0 bridgehead atoms. The summed E-state index contributed by atoms with van der Waals surface area (Å²) in [6, 6.07) is 12.3. The first-order valence-corrected chi connectivity index (χ1v) is 8.27. The second-order valence-electron chi connectivity index (χ2n) is 5.40. The molecule has 0 aromatic heterocycles. The van der Waals surface area contributed by atoms with Crippen molar-refractivity contribution >= 4 is 23.0 Å². The molecular formula is C18H19FN2O2S. The molecule has 1 aliphatic heterocycles. The predicted molar refractivity (Wildman–Crippen MR) is 96.1 cm³/mol. The Labute approximate surface area is 146 Å². The Morgan fingerprint density at radius 2 is 1.92 bits per heavy atom. The molecule has 0 aliphatic carbocycles. The Morgan fingerprint density at radius 3 is 2.67 bits per heavy atom. The van der Waals surface area contributed by atoms with Crippen LogP contribution in [-0.2, 0) is 6.54 Å². The number of hydrogen-bond donors (Lipinski definition) is 1. The number of thiocarbonyl (C=S) groups is 1. The largest absolute Gasteiger partial charge is 0.486 e. The van der Waals surface area contributed by atoms with Gasteiger partial charge in [-0.05, 0) is 49.0 Å². The maximum atomic E-state index is 13.8. The number of ether oxygens (including phenoxy) is 2. The highest BCUT2D eigenvalue weighted by Gasteiger charge is 2.15. The number of anilines is 1. The van der Waals surface area contributed by atoms with Gasteiger partial charge in [0.05, 0.1) is 5.69 Å². The normalized spacial score (nSPS) is 12.6. The lowest BCUT2D eigenvalue weighted by atomic mass is 10.2. The van der Waals surface area contributed by atoms with E-state index in [1.807, 2.05) is 30.0 Å². The van der Waals surface area contributed by atoms with Crippen LogP contribution in [0.15, 0.2) is 42.5 Å². The third-order valence-corrected chi connectivity index (χ3v) is 4.12. The minimum atomic E-state index is -0.324. The van der Waals surface area contributed by atoms with E-state index in [1.54, 1.807) is 18.2 Å². The molecule has 0 fully saturated rings. The van der Waals surface area contributed by atoms with E-state index in [0.29, 0.717) is 37.1 Å². The summed E-state index contributed by atoms with van der Waals surface area (Å²) < 4.78 is 24.9. The van der Waals surface area contributed by atoms with Gasteiger partial charge in [0.25, 0.3) is 0 Å². The molecule has 1 N–H and O–H groups in total. The number of para-hydroxylation sites is 1.